The summed E-state index contributed by atoms with van der Waals surface area (Å²) in [5, 5.41) is 10.6. The fourth-order valence-corrected chi connectivity index (χ4v) is 0.489. The highest BCUT2D eigenvalue weighted by atomic mass is 35.5. The van der Waals surface area contributed by atoms with Gasteiger partial charge in [0, 0.05) is 6.54 Å². The maximum atomic E-state index is 10.9. The van der Waals surface area contributed by atoms with E-state index in [1.54, 1.807) is 0 Å². The van der Waals surface area contributed by atoms with Gasteiger partial charge in [0.05, 0.1) is 6.04 Å². The zero-order valence-corrected chi connectivity index (χ0v) is 9.23. The summed E-state index contributed by atoms with van der Waals surface area (Å²) in [4.78, 5) is 21.2. The van der Waals surface area contributed by atoms with E-state index in [0.717, 1.165) is 0 Å². The molecule has 0 bridgehead atoms. The molecule has 0 aliphatic rings. The lowest BCUT2D eigenvalue weighted by atomic mass is 10.2. The topological polar surface area (TPSA) is 118 Å². The third kappa shape index (κ3) is 6.90. The minimum Gasteiger partial charge on any atom is -0.480 e. The minimum absolute atomic E-state index is 0. The molecule has 0 aromatic rings. The first-order valence-electron chi connectivity index (χ1n) is 3.48. The van der Waals surface area contributed by atoms with Gasteiger partial charge >= 0.3 is 5.97 Å². The van der Waals surface area contributed by atoms with Crippen LogP contribution in [0.3, 0.4) is 0 Å². The summed E-state index contributed by atoms with van der Waals surface area (Å²) in [6, 6.07) is -1.78. The minimum atomic E-state index is -1.10. The first-order chi connectivity index (χ1) is 5.49. The Labute approximate surface area is 94.2 Å². The van der Waals surface area contributed by atoms with E-state index in [-0.39, 0.29) is 31.4 Å². The van der Waals surface area contributed by atoms with Gasteiger partial charge in [-0.3, -0.25) is 9.59 Å². The average molecular weight is 248 g/mol. The molecule has 8 heteroatoms. The predicted molar refractivity (Wildman–Crippen MR) is 56.8 cm³/mol. The normalized spacial score (nSPS) is 12.8. The van der Waals surface area contributed by atoms with Crippen LogP contribution in [-0.4, -0.2) is 35.6 Å². The molecule has 0 unspecified atom stereocenters. The number of nitrogens with one attached hydrogen (secondary N) is 1. The molecule has 0 rings (SSSR count). The summed E-state index contributed by atoms with van der Waals surface area (Å²) in [5.41, 5.74) is 10.3. The summed E-state index contributed by atoms with van der Waals surface area (Å²) >= 11 is 0. The van der Waals surface area contributed by atoms with Crippen LogP contribution in [0.15, 0.2) is 0 Å². The van der Waals surface area contributed by atoms with Crippen molar-refractivity contribution >= 4 is 36.7 Å². The van der Waals surface area contributed by atoms with Crippen molar-refractivity contribution in [1.29, 1.82) is 0 Å². The van der Waals surface area contributed by atoms with Gasteiger partial charge in [-0.05, 0) is 6.92 Å². The third-order valence-electron chi connectivity index (χ3n) is 1.32. The van der Waals surface area contributed by atoms with E-state index < -0.39 is 24.0 Å². The highest BCUT2D eigenvalue weighted by Crippen LogP contribution is 1.83. The summed E-state index contributed by atoms with van der Waals surface area (Å²) in [5.74, 6) is -1.65. The predicted octanol–water partition coefficient (Wildman–Crippen LogP) is -1.29. The maximum Gasteiger partial charge on any atom is 0.325 e. The number of carbonyl (C=O) groups is 2. The Kier molecular flexibility index (Phi) is 12.3. The monoisotopic (exact) mass is 247 g/mol. The second-order valence-corrected chi connectivity index (χ2v) is 2.41. The molecule has 0 fully saturated rings. The second kappa shape index (κ2) is 9.01. The van der Waals surface area contributed by atoms with Crippen molar-refractivity contribution in [3.63, 3.8) is 0 Å². The van der Waals surface area contributed by atoms with Gasteiger partial charge in [0.15, 0.2) is 0 Å². The molecule has 0 spiro atoms. The van der Waals surface area contributed by atoms with Crippen molar-refractivity contribution in [2.75, 3.05) is 6.54 Å². The fourth-order valence-electron chi connectivity index (χ4n) is 0.489. The number of amides is 1. The van der Waals surface area contributed by atoms with Crippen LogP contribution in [0.4, 0.5) is 0 Å². The number of halogens is 2. The number of carbonyl (C=O) groups excluding carboxylic acids is 1. The summed E-state index contributed by atoms with van der Waals surface area (Å²) in [7, 11) is 0. The maximum absolute atomic E-state index is 10.9. The number of carboxylic acid groups (broad SMARTS) is 1. The third-order valence-corrected chi connectivity index (χ3v) is 1.32. The molecule has 0 aromatic carbocycles. The van der Waals surface area contributed by atoms with Crippen LogP contribution >= 0.6 is 24.8 Å². The molecule has 0 radical (unpaired) electrons. The largest absolute Gasteiger partial charge is 0.480 e. The number of hydrogen-bond donors (Lipinski definition) is 4. The van der Waals surface area contributed by atoms with Crippen molar-refractivity contribution in [3.05, 3.63) is 0 Å². The zero-order valence-electron chi connectivity index (χ0n) is 7.60. The second-order valence-electron chi connectivity index (χ2n) is 2.41. The van der Waals surface area contributed by atoms with Crippen LogP contribution in [0.25, 0.3) is 0 Å². The standard InChI is InChI=1S/C6H13N3O3.2ClH/c1-3(6(11)12)9-5(10)4(8)2-7;;/h3-4H,2,7-8H2,1H3,(H,9,10)(H,11,12);2*1H/t3-,4+;;/m0../s1. The highest BCUT2D eigenvalue weighted by Gasteiger charge is 2.17. The van der Waals surface area contributed by atoms with Crippen molar-refractivity contribution in [3.8, 4) is 0 Å². The van der Waals surface area contributed by atoms with Crippen molar-refractivity contribution in [2.24, 2.45) is 11.5 Å². The fraction of sp³-hybridized carbons (Fsp3) is 0.667. The Hall–Kier alpha value is -0.560. The molecule has 2 atom stereocenters. The van der Waals surface area contributed by atoms with E-state index in [1.807, 2.05) is 0 Å². The number of rotatable bonds is 4. The molecule has 0 saturated carbocycles. The van der Waals surface area contributed by atoms with Gasteiger partial charge in [-0.25, -0.2) is 0 Å². The number of carboxylic acids is 1. The van der Waals surface area contributed by atoms with Crippen molar-refractivity contribution in [2.45, 2.75) is 19.0 Å². The van der Waals surface area contributed by atoms with Crippen LogP contribution < -0.4 is 16.8 Å². The van der Waals surface area contributed by atoms with Crippen LogP contribution in [0.2, 0.25) is 0 Å². The van der Waals surface area contributed by atoms with Gasteiger partial charge in [0.25, 0.3) is 0 Å². The molecule has 6 nitrogen and oxygen atoms in total. The van der Waals surface area contributed by atoms with E-state index in [0.29, 0.717) is 0 Å². The number of nitrogens with two attached hydrogens (primary N) is 2. The smallest absolute Gasteiger partial charge is 0.325 e. The van der Waals surface area contributed by atoms with Crippen LogP contribution in [0.5, 0.6) is 0 Å². The molecule has 6 N–H and O–H groups in total. The van der Waals surface area contributed by atoms with E-state index in [2.05, 4.69) is 5.32 Å². The SMILES string of the molecule is C[C@H](NC(=O)[C@H](N)CN)C(=O)O.Cl.Cl. The zero-order chi connectivity index (χ0) is 9.72. The Bertz CT molecular complexity index is 191. The molecule has 0 aliphatic carbocycles. The van der Waals surface area contributed by atoms with E-state index in [9.17, 15) is 9.59 Å². The summed E-state index contributed by atoms with van der Waals surface area (Å²) in [6.45, 7) is 1.35. The lowest BCUT2D eigenvalue weighted by Crippen LogP contribution is -2.50. The highest BCUT2D eigenvalue weighted by molar-refractivity contribution is 5.86. The lowest BCUT2D eigenvalue weighted by Gasteiger charge is -2.12. The quantitative estimate of drug-likeness (QED) is 0.493. The summed E-state index contributed by atoms with van der Waals surface area (Å²) in [6.07, 6.45) is 0. The Balaban J connectivity index is -0.000000605. The van der Waals surface area contributed by atoms with Gasteiger partial charge in [-0.1, -0.05) is 0 Å². The molecule has 0 saturated heterocycles. The number of hydrogen-bond acceptors (Lipinski definition) is 4. The Morgan fingerprint density at radius 2 is 1.86 bits per heavy atom. The van der Waals surface area contributed by atoms with Gasteiger partial charge < -0.3 is 21.9 Å². The molecular formula is C6H15Cl2N3O3. The van der Waals surface area contributed by atoms with Gasteiger partial charge in [-0.2, -0.15) is 0 Å². The van der Waals surface area contributed by atoms with Gasteiger partial charge in [-0.15, -0.1) is 24.8 Å². The molecule has 1 amide bonds. The molecule has 0 aliphatic heterocycles. The lowest BCUT2D eigenvalue weighted by molar-refractivity contribution is -0.141. The summed E-state index contributed by atoms with van der Waals surface area (Å²) < 4.78 is 0. The Morgan fingerprint density at radius 1 is 1.43 bits per heavy atom. The van der Waals surface area contributed by atoms with Gasteiger partial charge in [0.1, 0.15) is 6.04 Å². The molecule has 86 valence electrons. The van der Waals surface area contributed by atoms with Crippen molar-refractivity contribution in [1.82, 2.24) is 5.32 Å². The molecule has 0 aromatic heterocycles. The van der Waals surface area contributed by atoms with E-state index in [1.165, 1.54) is 6.92 Å². The van der Waals surface area contributed by atoms with E-state index >= 15 is 0 Å². The van der Waals surface area contributed by atoms with E-state index in [4.69, 9.17) is 16.6 Å². The van der Waals surface area contributed by atoms with Crippen LogP contribution in [-0.2, 0) is 9.59 Å². The molecule has 0 heterocycles. The van der Waals surface area contributed by atoms with Crippen molar-refractivity contribution < 1.29 is 14.7 Å². The van der Waals surface area contributed by atoms with Crippen LogP contribution in [0, 0.1) is 0 Å². The van der Waals surface area contributed by atoms with Crippen LogP contribution in [0.1, 0.15) is 6.92 Å². The van der Waals surface area contributed by atoms with Gasteiger partial charge in [0.2, 0.25) is 5.91 Å². The number of aliphatic carboxylic acids is 1. The first-order valence-corrected chi connectivity index (χ1v) is 3.48. The molecular weight excluding hydrogens is 233 g/mol. The Morgan fingerprint density at radius 3 is 2.14 bits per heavy atom. The first kappa shape index (κ1) is 19.1. The average Bonchev–Trinajstić information content (AvgIpc) is 2.02. The molecule has 14 heavy (non-hydrogen) atoms.